The van der Waals surface area contributed by atoms with Crippen LogP contribution in [0.5, 0.6) is 0 Å². The molecule has 0 radical (unpaired) electrons. The molecule has 1 aromatic carbocycles. The molecule has 1 aliphatic carbocycles. The Kier molecular flexibility index (Phi) is 2.58. The lowest BCUT2D eigenvalue weighted by Crippen LogP contribution is -2.43. The maximum Gasteiger partial charge on any atom is 0.316 e. The SMILES string of the molecule is COC(=O)C1(c2ccc3c(c2)CCN3C)CCC1. The Morgan fingerprint density at radius 3 is 2.78 bits per heavy atom. The van der Waals surface area contributed by atoms with Crippen molar-refractivity contribution in [3.05, 3.63) is 29.3 Å². The molecular formula is C15H19NO2. The highest BCUT2D eigenvalue weighted by molar-refractivity contribution is 5.84. The van der Waals surface area contributed by atoms with E-state index in [2.05, 4.69) is 30.1 Å². The monoisotopic (exact) mass is 245 g/mol. The molecule has 0 unspecified atom stereocenters. The van der Waals surface area contributed by atoms with E-state index >= 15 is 0 Å². The molecule has 3 rings (SSSR count). The fourth-order valence-corrected chi connectivity index (χ4v) is 3.20. The van der Waals surface area contributed by atoms with Crippen molar-refractivity contribution in [2.45, 2.75) is 31.1 Å². The summed E-state index contributed by atoms with van der Waals surface area (Å²) in [4.78, 5) is 14.3. The number of nitrogens with zero attached hydrogens (tertiary/aromatic N) is 1. The van der Waals surface area contributed by atoms with Crippen molar-refractivity contribution in [3.8, 4) is 0 Å². The normalized spacial score (nSPS) is 20.2. The molecule has 0 atom stereocenters. The molecule has 3 heteroatoms. The van der Waals surface area contributed by atoms with E-state index in [1.54, 1.807) is 0 Å². The van der Waals surface area contributed by atoms with Crippen LogP contribution in [0.15, 0.2) is 18.2 Å². The smallest absolute Gasteiger partial charge is 0.316 e. The molecule has 1 aliphatic heterocycles. The molecular weight excluding hydrogens is 226 g/mol. The minimum atomic E-state index is -0.356. The summed E-state index contributed by atoms with van der Waals surface area (Å²) >= 11 is 0. The molecule has 1 fully saturated rings. The summed E-state index contributed by atoms with van der Waals surface area (Å²) < 4.78 is 5.00. The summed E-state index contributed by atoms with van der Waals surface area (Å²) in [7, 11) is 3.61. The van der Waals surface area contributed by atoms with Gasteiger partial charge in [-0.05, 0) is 36.5 Å². The number of benzene rings is 1. The third-order valence-electron chi connectivity index (χ3n) is 4.54. The number of esters is 1. The Balaban J connectivity index is 2.00. The van der Waals surface area contributed by atoms with Gasteiger partial charge in [-0.2, -0.15) is 0 Å². The van der Waals surface area contributed by atoms with Crippen molar-refractivity contribution in [1.82, 2.24) is 0 Å². The van der Waals surface area contributed by atoms with E-state index in [9.17, 15) is 4.79 Å². The Bertz CT molecular complexity index is 491. The highest BCUT2D eigenvalue weighted by Crippen LogP contribution is 2.46. The second-order valence-corrected chi connectivity index (χ2v) is 5.44. The van der Waals surface area contributed by atoms with Crippen LogP contribution in [0.4, 0.5) is 5.69 Å². The van der Waals surface area contributed by atoms with Gasteiger partial charge in [-0.15, -0.1) is 0 Å². The van der Waals surface area contributed by atoms with Gasteiger partial charge in [0.05, 0.1) is 12.5 Å². The zero-order valence-corrected chi connectivity index (χ0v) is 11.0. The van der Waals surface area contributed by atoms with Crippen molar-refractivity contribution in [2.75, 3.05) is 25.6 Å². The van der Waals surface area contributed by atoms with Crippen molar-refractivity contribution >= 4 is 11.7 Å². The predicted molar refractivity (Wildman–Crippen MR) is 71.0 cm³/mol. The summed E-state index contributed by atoms with van der Waals surface area (Å²) in [6.45, 7) is 1.07. The number of carbonyl (C=O) groups is 1. The number of likely N-dealkylation sites (N-methyl/N-ethyl adjacent to an activating group) is 1. The largest absolute Gasteiger partial charge is 0.468 e. The summed E-state index contributed by atoms with van der Waals surface area (Å²) in [6, 6.07) is 6.48. The zero-order valence-electron chi connectivity index (χ0n) is 11.0. The van der Waals surface area contributed by atoms with Crippen LogP contribution >= 0.6 is 0 Å². The van der Waals surface area contributed by atoms with Crippen LogP contribution in [0.1, 0.15) is 30.4 Å². The highest BCUT2D eigenvalue weighted by atomic mass is 16.5. The van der Waals surface area contributed by atoms with E-state index in [0.717, 1.165) is 37.8 Å². The molecule has 1 aromatic rings. The minimum Gasteiger partial charge on any atom is -0.468 e. The van der Waals surface area contributed by atoms with E-state index in [1.807, 2.05) is 0 Å². The van der Waals surface area contributed by atoms with Crippen LogP contribution in [-0.4, -0.2) is 26.7 Å². The van der Waals surface area contributed by atoms with E-state index in [0.29, 0.717) is 0 Å². The van der Waals surface area contributed by atoms with Crippen LogP contribution in [-0.2, 0) is 21.4 Å². The maximum atomic E-state index is 12.0. The lowest BCUT2D eigenvalue weighted by Gasteiger charge is -2.39. The average molecular weight is 245 g/mol. The van der Waals surface area contributed by atoms with Gasteiger partial charge < -0.3 is 9.64 Å². The fourth-order valence-electron chi connectivity index (χ4n) is 3.20. The highest BCUT2D eigenvalue weighted by Gasteiger charge is 2.47. The average Bonchev–Trinajstić information content (AvgIpc) is 2.69. The maximum absolute atomic E-state index is 12.0. The van der Waals surface area contributed by atoms with Gasteiger partial charge in [-0.3, -0.25) is 4.79 Å². The first-order valence-electron chi connectivity index (χ1n) is 6.60. The van der Waals surface area contributed by atoms with Crippen molar-refractivity contribution < 1.29 is 9.53 Å². The molecule has 0 amide bonds. The number of anilines is 1. The number of ether oxygens (including phenoxy) is 1. The van der Waals surface area contributed by atoms with E-state index in [4.69, 9.17) is 4.74 Å². The molecule has 2 aliphatic rings. The molecule has 96 valence electrons. The second-order valence-electron chi connectivity index (χ2n) is 5.44. The van der Waals surface area contributed by atoms with Gasteiger partial charge in [-0.25, -0.2) is 0 Å². The van der Waals surface area contributed by atoms with Gasteiger partial charge >= 0.3 is 5.97 Å². The van der Waals surface area contributed by atoms with Gasteiger partial charge in [0.2, 0.25) is 0 Å². The molecule has 1 heterocycles. The third-order valence-corrected chi connectivity index (χ3v) is 4.54. The summed E-state index contributed by atoms with van der Waals surface area (Å²) in [5.74, 6) is -0.0694. The molecule has 18 heavy (non-hydrogen) atoms. The number of fused-ring (bicyclic) bond motifs is 1. The third kappa shape index (κ3) is 1.46. The Labute approximate surface area is 108 Å². The van der Waals surface area contributed by atoms with E-state index in [-0.39, 0.29) is 11.4 Å². The Morgan fingerprint density at radius 2 is 2.17 bits per heavy atom. The topological polar surface area (TPSA) is 29.5 Å². The quantitative estimate of drug-likeness (QED) is 0.749. The first kappa shape index (κ1) is 11.6. The van der Waals surface area contributed by atoms with Gasteiger partial charge in [0.1, 0.15) is 0 Å². The number of carbonyl (C=O) groups excluding carboxylic acids is 1. The molecule has 0 aromatic heterocycles. The Hall–Kier alpha value is -1.51. The molecule has 3 nitrogen and oxygen atoms in total. The van der Waals surface area contributed by atoms with Crippen LogP contribution < -0.4 is 4.90 Å². The summed E-state index contributed by atoms with van der Waals surface area (Å²) in [5, 5.41) is 0. The first-order valence-corrected chi connectivity index (χ1v) is 6.60. The summed E-state index contributed by atoms with van der Waals surface area (Å²) in [5.41, 5.74) is 3.46. The number of methoxy groups -OCH3 is 1. The lowest BCUT2D eigenvalue weighted by atomic mass is 9.64. The number of hydrogen-bond donors (Lipinski definition) is 0. The second kappa shape index (κ2) is 4.01. The van der Waals surface area contributed by atoms with Crippen LogP contribution in [0, 0.1) is 0 Å². The predicted octanol–water partition coefficient (Wildman–Crippen LogP) is 2.27. The van der Waals surface area contributed by atoms with Crippen molar-refractivity contribution in [2.24, 2.45) is 0 Å². The molecule has 0 saturated heterocycles. The fraction of sp³-hybridized carbons (Fsp3) is 0.533. The lowest BCUT2D eigenvalue weighted by molar-refractivity contribution is -0.151. The summed E-state index contributed by atoms with van der Waals surface area (Å²) in [6.07, 6.45) is 4.05. The van der Waals surface area contributed by atoms with Crippen molar-refractivity contribution in [1.29, 1.82) is 0 Å². The zero-order chi connectivity index (χ0) is 12.8. The molecule has 0 bridgehead atoms. The minimum absolute atomic E-state index is 0.0694. The Morgan fingerprint density at radius 1 is 1.39 bits per heavy atom. The van der Waals surface area contributed by atoms with Crippen molar-refractivity contribution in [3.63, 3.8) is 0 Å². The van der Waals surface area contributed by atoms with Gasteiger partial charge in [-0.1, -0.05) is 18.6 Å². The van der Waals surface area contributed by atoms with Gasteiger partial charge in [0.25, 0.3) is 0 Å². The number of rotatable bonds is 2. The molecule has 0 spiro atoms. The molecule has 1 saturated carbocycles. The van der Waals surface area contributed by atoms with E-state index < -0.39 is 0 Å². The standard InChI is InChI=1S/C15H19NO2/c1-16-9-6-11-10-12(4-5-13(11)16)15(7-3-8-15)14(17)18-2/h4-5,10H,3,6-9H2,1-2H3. The molecule has 0 N–H and O–H groups in total. The van der Waals surface area contributed by atoms with Crippen LogP contribution in [0.25, 0.3) is 0 Å². The van der Waals surface area contributed by atoms with Crippen LogP contribution in [0.3, 0.4) is 0 Å². The first-order chi connectivity index (χ1) is 8.67. The van der Waals surface area contributed by atoms with Crippen LogP contribution in [0.2, 0.25) is 0 Å². The number of hydrogen-bond acceptors (Lipinski definition) is 3. The van der Waals surface area contributed by atoms with Gasteiger partial charge in [0, 0.05) is 19.3 Å². The van der Waals surface area contributed by atoms with E-state index in [1.165, 1.54) is 18.4 Å². The van der Waals surface area contributed by atoms with Gasteiger partial charge in [0.15, 0.2) is 0 Å².